The lowest BCUT2D eigenvalue weighted by Gasteiger charge is -2.12. The molecule has 0 bridgehead atoms. The van der Waals surface area contributed by atoms with Crippen LogP contribution in [-0.4, -0.2) is 31.2 Å². The molecule has 0 radical (unpaired) electrons. The van der Waals surface area contributed by atoms with Gasteiger partial charge in [0, 0.05) is 11.3 Å². The van der Waals surface area contributed by atoms with Crippen LogP contribution in [0.1, 0.15) is 22.8 Å². The van der Waals surface area contributed by atoms with Crippen LogP contribution >= 0.6 is 0 Å². The molecule has 0 spiro atoms. The average Bonchev–Trinajstić information content (AvgIpc) is 2.81. The molecule has 8 heteroatoms. The molecule has 3 aromatic rings. The fraction of sp³-hybridized carbons (Fsp3) is 0.125. The Morgan fingerprint density at radius 1 is 0.969 bits per heavy atom. The third-order valence-corrected chi connectivity index (χ3v) is 4.17. The van der Waals surface area contributed by atoms with E-state index in [-0.39, 0.29) is 18.3 Å². The van der Waals surface area contributed by atoms with Crippen molar-refractivity contribution in [3.05, 3.63) is 89.7 Å². The Balaban J connectivity index is 1.59. The number of anilines is 1. The van der Waals surface area contributed by atoms with Crippen molar-refractivity contribution in [3.63, 3.8) is 0 Å². The molecule has 3 aromatic carbocycles. The Hall–Kier alpha value is -4.20. The van der Waals surface area contributed by atoms with Crippen LogP contribution in [0.25, 0.3) is 0 Å². The van der Waals surface area contributed by atoms with E-state index in [0.717, 1.165) is 0 Å². The molecule has 7 nitrogen and oxygen atoms in total. The van der Waals surface area contributed by atoms with Crippen LogP contribution in [0.2, 0.25) is 0 Å². The lowest BCUT2D eigenvalue weighted by molar-refractivity contribution is -0.118. The molecular formula is C24H22FN3O4. The van der Waals surface area contributed by atoms with Gasteiger partial charge >= 0.3 is 0 Å². The first-order valence-electron chi connectivity index (χ1n) is 9.88. The van der Waals surface area contributed by atoms with Gasteiger partial charge in [-0.15, -0.1) is 0 Å². The second-order valence-electron chi connectivity index (χ2n) is 6.55. The summed E-state index contributed by atoms with van der Waals surface area (Å²) in [5.41, 5.74) is 4.10. The molecule has 3 rings (SSSR count). The maximum absolute atomic E-state index is 13.0. The van der Waals surface area contributed by atoms with Crippen molar-refractivity contribution >= 4 is 23.7 Å². The molecule has 0 heterocycles. The fourth-order valence-corrected chi connectivity index (χ4v) is 2.69. The molecule has 32 heavy (non-hydrogen) atoms. The third-order valence-electron chi connectivity index (χ3n) is 4.17. The molecule has 2 N–H and O–H groups in total. The standard InChI is InChI=1S/C24H22FN3O4/c1-2-31-22-14-17(15-26-28-24(30)18-6-4-3-5-7-18)8-13-21(22)32-16-23(29)27-20-11-9-19(25)10-12-20/h3-15H,2,16H2,1H3,(H,27,29)(H,28,30)/b26-15+. The van der Waals surface area contributed by atoms with E-state index in [2.05, 4.69) is 15.8 Å². The van der Waals surface area contributed by atoms with Gasteiger partial charge in [-0.25, -0.2) is 9.82 Å². The molecule has 0 aromatic heterocycles. The van der Waals surface area contributed by atoms with E-state index in [4.69, 9.17) is 9.47 Å². The summed E-state index contributed by atoms with van der Waals surface area (Å²) in [5, 5.41) is 6.59. The zero-order chi connectivity index (χ0) is 22.8. The van der Waals surface area contributed by atoms with Crippen molar-refractivity contribution in [2.75, 3.05) is 18.5 Å². The monoisotopic (exact) mass is 435 g/mol. The van der Waals surface area contributed by atoms with Crippen molar-refractivity contribution < 1.29 is 23.5 Å². The van der Waals surface area contributed by atoms with E-state index in [1.165, 1.54) is 30.5 Å². The first kappa shape index (κ1) is 22.5. The Labute approximate surface area is 184 Å². The first-order chi connectivity index (χ1) is 15.5. The minimum absolute atomic E-state index is 0.252. The van der Waals surface area contributed by atoms with Gasteiger partial charge in [-0.2, -0.15) is 5.10 Å². The maximum Gasteiger partial charge on any atom is 0.271 e. The van der Waals surface area contributed by atoms with Gasteiger partial charge in [-0.05, 0) is 67.1 Å². The lowest BCUT2D eigenvalue weighted by atomic mass is 10.2. The Kier molecular flexibility index (Phi) is 7.91. The SMILES string of the molecule is CCOc1cc(/C=N/NC(=O)c2ccccc2)ccc1OCC(=O)Nc1ccc(F)cc1. The quantitative estimate of drug-likeness (QED) is 0.393. The summed E-state index contributed by atoms with van der Waals surface area (Å²) in [6.07, 6.45) is 1.48. The number of nitrogens with one attached hydrogen (secondary N) is 2. The number of nitrogens with zero attached hydrogens (tertiary/aromatic N) is 1. The highest BCUT2D eigenvalue weighted by Crippen LogP contribution is 2.28. The van der Waals surface area contributed by atoms with Gasteiger partial charge < -0.3 is 14.8 Å². The number of benzene rings is 3. The zero-order valence-corrected chi connectivity index (χ0v) is 17.4. The molecule has 0 fully saturated rings. The van der Waals surface area contributed by atoms with Crippen LogP contribution in [0, 0.1) is 5.82 Å². The summed E-state index contributed by atoms with van der Waals surface area (Å²) >= 11 is 0. The number of carbonyl (C=O) groups excluding carboxylic acids is 2. The normalized spacial score (nSPS) is 10.6. The van der Waals surface area contributed by atoms with Crippen LogP contribution in [0.5, 0.6) is 11.5 Å². The molecule has 0 saturated heterocycles. The highest BCUT2D eigenvalue weighted by atomic mass is 19.1. The Morgan fingerprint density at radius 3 is 2.44 bits per heavy atom. The Morgan fingerprint density at radius 2 is 1.72 bits per heavy atom. The second kappa shape index (κ2) is 11.3. The molecule has 2 amide bonds. The van der Waals surface area contributed by atoms with Gasteiger partial charge in [0.15, 0.2) is 18.1 Å². The van der Waals surface area contributed by atoms with Gasteiger partial charge in [0.1, 0.15) is 5.82 Å². The lowest BCUT2D eigenvalue weighted by Crippen LogP contribution is -2.20. The minimum Gasteiger partial charge on any atom is -0.490 e. The van der Waals surface area contributed by atoms with Gasteiger partial charge in [-0.3, -0.25) is 9.59 Å². The van der Waals surface area contributed by atoms with E-state index in [9.17, 15) is 14.0 Å². The number of rotatable bonds is 9. The van der Waals surface area contributed by atoms with Crippen molar-refractivity contribution in [1.29, 1.82) is 0 Å². The van der Waals surface area contributed by atoms with Crippen molar-refractivity contribution in [2.24, 2.45) is 5.10 Å². The molecule has 0 aliphatic heterocycles. The van der Waals surface area contributed by atoms with Crippen LogP contribution in [0.15, 0.2) is 77.9 Å². The Bertz CT molecular complexity index is 1090. The number of amides is 2. The van der Waals surface area contributed by atoms with E-state index in [1.807, 2.05) is 13.0 Å². The molecular weight excluding hydrogens is 413 g/mol. The largest absolute Gasteiger partial charge is 0.490 e. The van der Waals surface area contributed by atoms with Gasteiger partial charge in [-0.1, -0.05) is 18.2 Å². The summed E-state index contributed by atoms with van der Waals surface area (Å²) < 4.78 is 24.1. The summed E-state index contributed by atoms with van der Waals surface area (Å²) in [7, 11) is 0. The highest BCUT2D eigenvalue weighted by Gasteiger charge is 2.10. The van der Waals surface area contributed by atoms with Crippen LogP contribution < -0.4 is 20.2 Å². The van der Waals surface area contributed by atoms with Crippen molar-refractivity contribution in [3.8, 4) is 11.5 Å². The van der Waals surface area contributed by atoms with Crippen LogP contribution in [0.3, 0.4) is 0 Å². The molecule has 0 aliphatic carbocycles. The van der Waals surface area contributed by atoms with E-state index < -0.39 is 5.91 Å². The van der Waals surface area contributed by atoms with E-state index in [0.29, 0.717) is 34.9 Å². The summed E-state index contributed by atoms with van der Waals surface area (Å²) in [4.78, 5) is 24.1. The van der Waals surface area contributed by atoms with Gasteiger partial charge in [0.05, 0.1) is 12.8 Å². The second-order valence-corrected chi connectivity index (χ2v) is 6.55. The van der Waals surface area contributed by atoms with Crippen LogP contribution in [0.4, 0.5) is 10.1 Å². The first-order valence-corrected chi connectivity index (χ1v) is 9.88. The fourth-order valence-electron chi connectivity index (χ4n) is 2.69. The molecule has 164 valence electrons. The number of hydrogen-bond donors (Lipinski definition) is 2. The highest BCUT2D eigenvalue weighted by molar-refractivity contribution is 5.95. The number of carbonyl (C=O) groups is 2. The summed E-state index contributed by atoms with van der Waals surface area (Å²) in [6.45, 7) is 1.97. The number of hydrogen-bond acceptors (Lipinski definition) is 5. The predicted molar refractivity (Wildman–Crippen MR) is 120 cm³/mol. The predicted octanol–water partition coefficient (Wildman–Crippen LogP) is 4.01. The molecule has 0 atom stereocenters. The number of hydrazone groups is 1. The van der Waals surface area contributed by atoms with Crippen molar-refractivity contribution in [1.82, 2.24) is 5.43 Å². The summed E-state index contributed by atoms with van der Waals surface area (Å²) in [6, 6.07) is 19.2. The molecule has 0 unspecified atom stereocenters. The number of halogens is 1. The zero-order valence-electron chi connectivity index (χ0n) is 17.4. The number of ether oxygens (including phenoxy) is 2. The van der Waals surface area contributed by atoms with E-state index >= 15 is 0 Å². The van der Waals surface area contributed by atoms with Gasteiger partial charge in [0.25, 0.3) is 11.8 Å². The maximum atomic E-state index is 13.0. The summed E-state index contributed by atoms with van der Waals surface area (Å²) in [5.74, 6) is -0.289. The smallest absolute Gasteiger partial charge is 0.271 e. The average molecular weight is 435 g/mol. The topological polar surface area (TPSA) is 89.0 Å². The van der Waals surface area contributed by atoms with E-state index in [1.54, 1.807) is 42.5 Å². The third kappa shape index (κ3) is 6.66. The minimum atomic E-state index is -0.395. The molecule has 0 aliphatic rings. The molecule has 0 saturated carbocycles. The van der Waals surface area contributed by atoms with Crippen LogP contribution in [-0.2, 0) is 4.79 Å². The van der Waals surface area contributed by atoms with Gasteiger partial charge in [0.2, 0.25) is 0 Å². The van der Waals surface area contributed by atoms with Crippen molar-refractivity contribution in [2.45, 2.75) is 6.92 Å².